The average molecular weight is 936 g/mol. The molecule has 3 aliphatic rings. The Bertz CT molecular complexity index is 2050. The van der Waals surface area contributed by atoms with Gasteiger partial charge in [-0.25, -0.2) is 9.97 Å². The molecule has 5 heterocycles. The zero-order valence-corrected chi connectivity index (χ0v) is 40.8. The molecule has 0 aliphatic carbocycles. The van der Waals surface area contributed by atoms with E-state index in [-0.39, 0.29) is 66.6 Å². The number of hydrogen-bond acceptors (Lipinski definition) is 15. The van der Waals surface area contributed by atoms with Gasteiger partial charge in [0.1, 0.15) is 10.0 Å². The largest absolute Gasteiger partial charge is 0.469 e. The van der Waals surface area contributed by atoms with Gasteiger partial charge in [-0.05, 0) is 75.5 Å². The second-order valence-corrected chi connectivity index (χ2v) is 20.4. The van der Waals surface area contributed by atoms with Crippen LogP contribution < -0.4 is 4.90 Å². The summed E-state index contributed by atoms with van der Waals surface area (Å²) in [4.78, 5) is 95.6. The van der Waals surface area contributed by atoms with Crippen LogP contribution in [0.15, 0.2) is 35.0 Å². The number of rotatable bonds is 19. The van der Waals surface area contributed by atoms with E-state index in [0.29, 0.717) is 48.8 Å². The number of aromatic nitrogens is 2. The lowest BCUT2D eigenvalue weighted by atomic mass is 9.87. The Hall–Kier alpha value is -4.58. The molecule has 65 heavy (non-hydrogen) atoms. The summed E-state index contributed by atoms with van der Waals surface area (Å²) in [6.07, 6.45) is 2.85. The fraction of sp³-hybridized carbons (Fsp3) is 0.625. The number of benzene rings is 1. The van der Waals surface area contributed by atoms with Gasteiger partial charge in [-0.15, -0.1) is 22.7 Å². The van der Waals surface area contributed by atoms with Crippen LogP contribution in [0.4, 0.5) is 5.69 Å². The van der Waals surface area contributed by atoms with Gasteiger partial charge in [-0.1, -0.05) is 32.9 Å². The third kappa shape index (κ3) is 11.5. The highest BCUT2D eigenvalue weighted by molar-refractivity contribution is 7.10. The summed E-state index contributed by atoms with van der Waals surface area (Å²) in [5, 5.41) is 5.40. The monoisotopic (exact) mass is 935 g/mol. The van der Waals surface area contributed by atoms with E-state index in [1.54, 1.807) is 23.6 Å². The minimum Gasteiger partial charge on any atom is -0.469 e. The van der Waals surface area contributed by atoms with Crippen molar-refractivity contribution in [1.82, 2.24) is 19.8 Å². The minimum atomic E-state index is -0.766. The Labute approximate surface area is 390 Å². The van der Waals surface area contributed by atoms with Crippen molar-refractivity contribution < 1.29 is 47.7 Å². The van der Waals surface area contributed by atoms with Crippen LogP contribution in [0.5, 0.6) is 0 Å². The standard InChI is InChI=1S/C48H65N5O10S2/c1-28(60-6)32(22-44(56)62-8)46(58)51-20-10-12-38(51)40(54)24-42-49-34(26-64-42)36-18-19-37(53(36)31-16-14-30(15-17-31)48(3,4)5)35-27-65-43(50-35)25-41(55)39-13-11-21-52(39)47(59)33(29(2)61-7)23-45(57)63-9/h14-17,26-29,32-33,36-39H,10-13,18-25H2,1-9H3/t28-,29?,32+,33+,36+,37+,38+,39+/m1/s1. The van der Waals surface area contributed by atoms with Crippen LogP contribution in [0.2, 0.25) is 0 Å². The highest BCUT2D eigenvalue weighted by atomic mass is 32.1. The average Bonchev–Trinajstić information content (AvgIpc) is 4.16. The first-order valence-corrected chi connectivity index (χ1v) is 24.4. The number of ketones is 2. The predicted octanol–water partition coefficient (Wildman–Crippen LogP) is 6.61. The quantitative estimate of drug-likeness (QED) is 0.118. The normalized spacial score (nSPS) is 21.8. The fourth-order valence-electron chi connectivity index (χ4n) is 9.46. The van der Waals surface area contributed by atoms with Crippen molar-refractivity contribution in [1.29, 1.82) is 0 Å². The lowest BCUT2D eigenvalue weighted by molar-refractivity contribution is -0.151. The number of esters is 2. The molecule has 0 saturated carbocycles. The molecule has 354 valence electrons. The lowest BCUT2D eigenvalue weighted by Crippen LogP contribution is -2.47. The topological polar surface area (TPSA) is 175 Å². The number of hydrogen-bond donors (Lipinski definition) is 0. The molecule has 8 atom stereocenters. The maximum Gasteiger partial charge on any atom is 0.306 e. The van der Waals surface area contributed by atoms with E-state index in [0.717, 1.165) is 29.9 Å². The summed E-state index contributed by atoms with van der Waals surface area (Å²) >= 11 is 2.88. The molecule has 3 aliphatic heterocycles. The fourth-order valence-corrected chi connectivity index (χ4v) is 11.2. The number of methoxy groups -OCH3 is 4. The molecule has 3 fully saturated rings. The molecule has 1 unspecified atom stereocenters. The summed E-state index contributed by atoms with van der Waals surface area (Å²) in [6.45, 7) is 10.9. The van der Waals surface area contributed by atoms with Crippen LogP contribution in [0.25, 0.3) is 0 Å². The molecule has 2 amide bonds. The Morgan fingerprint density at radius 2 is 1.08 bits per heavy atom. The summed E-state index contributed by atoms with van der Waals surface area (Å²) in [5.74, 6) is -3.29. The number of Topliss-reactive ketones (excluding diaryl/α,β-unsaturated/α-hetero) is 2. The Balaban J connectivity index is 1.19. The van der Waals surface area contributed by atoms with Gasteiger partial charge < -0.3 is 33.6 Å². The smallest absolute Gasteiger partial charge is 0.306 e. The van der Waals surface area contributed by atoms with Gasteiger partial charge in [0, 0.05) is 43.8 Å². The molecule has 17 heteroatoms. The van der Waals surface area contributed by atoms with E-state index in [1.807, 2.05) is 10.8 Å². The van der Waals surface area contributed by atoms with Gasteiger partial charge in [-0.2, -0.15) is 0 Å². The second kappa shape index (κ2) is 21.8. The predicted molar refractivity (Wildman–Crippen MR) is 247 cm³/mol. The van der Waals surface area contributed by atoms with E-state index in [9.17, 15) is 28.8 Å². The molecule has 0 radical (unpaired) electrons. The lowest BCUT2D eigenvalue weighted by Gasteiger charge is -2.32. The van der Waals surface area contributed by atoms with Gasteiger partial charge in [0.25, 0.3) is 0 Å². The molecule has 6 rings (SSSR count). The maximum absolute atomic E-state index is 13.9. The van der Waals surface area contributed by atoms with Crippen LogP contribution in [0.1, 0.15) is 125 Å². The highest BCUT2D eigenvalue weighted by Gasteiger charge is 2.43. The summed E-state index contributed by atoms with van der Waals surface area (Å²) in [7, 11) is 5.56. The molecule has 0 spiro atoms. The molecular formula is C48H65N5O10S2. The third-order valence-electron chi connectivity index (χ3n) is 13.4. The van der Waals surface area contributed by atoms with Crippen LogP contribution >= 0.6 is 22.7 Å². The van der Waals surface area contributed by atoms with Gasteiger partial charge >= 0.3 is 11.9 Å². The molecule has 0 bridgehead atoms. The number of carbonyl (C=O) groups excluding carboxylic acids is 6. The summed E-state index contributed by atoms with van der Waals surface area (Å²) < 4.78 is 20.6. The van der Waals surface area contributed by atoms with Gasteiger partial charge in [-0.3, -0.25) is 28.8 Å². The minimum absolute atomic E-state index is 0.0390. The van der Waals surface area contributed by atoms with Crippen LogP contribution in [0.3, 0.4) is 0 Å². The molecule has 3 aromatic rings. The summed E-state index contributed by atoms with van der Waals surface area (Å²) in [5.41, 5.74) is 3.90. The maximum atomic E-state index is 13.9. The first kappa shape index (κ1) is 49.8. The van der Waals surface area contributed by atoms with Crippen molar-refractivity contribution in [3.05, 3.63) is 62.0 Å². The second-order valence-electron chi connectivity index (χ2n) is 18.5. The molecule has 15 nitrogen and oxygen atoms in total. The number of nitrogens with zero attached hydrogens (tertiary/aromatic N) is 5. The first-order chi connectivity index (χ1) is 31.0. The Morgan fingerprint density at radius 3 is 1.45 bits per heavy atom. The van der Waals surface area contributed by atoms with E-state index in [1.165, 1.54) is 56.7 Å². The molecule has 2 aromatic heterocycles. The molecule has 3 saturated heterocycles. The van der Waals surface area contributed by atoms with E-state index >= 15 is 0 Å². The highest BCUT2D eigenvalue weighted by Crippen LogP contribution is 2.47. The molecule has 1 aromatic carbocycles. The number of ether oxygens (including phenoxy) is 4. The van der Waals surface area contributed by atoms with E-state index in [4.69, 9.17) is 28.9 Å². The van der Waals surface area contributed by atoms with Crippen LogP contribution in [-0.4, -0.2) is 121 Å². The van der Waals surface area contributed by atoms with Crippen molar-refractivity contribution in [3.8, 4) is 0 Å². The zero-order valence-electron chi connectivity index (χ0n) is 39.2. The first-order valence-electron chi connectivity index (χ1n) is 22.6. The van der Waals surface area contributed by atoms with Crippen molar-refractivity contribution in [2.75, 3.05) is 46.4 Å². The number of anilines is 1. The van der Waals surface area contributed by atoms with Crippen molar-refractivity contribution in [3.63, 3.8) is 0 Å². The van der Waals surface area contributed by atoms with Crippen molar-refractivity contribution >= 4 is 63.7 Å². The van der Waals surface area contributed by atoms with Crippen LogP contribution in [0, 0.1) is 11.8 Å². The van der Waals surface area contributed by atoms with Crippen molar-refractivity contribution in [2.24, 2.45) is 11.8 Å². The zero-order chi connectivity index (χ0) is 47.2. The van der Waals surface area contributed by atoms with E-state index < -0.39 is 48.1 Å². The Kier molecular flexibility index (Phi) is 16.7. The van der Waals surface area contributed by atoms with Gasteiger partial charge in [0.05, 0.1) is 99.5 Å². The van der Waals surface area contributed by atoms with Crippen LogP contribution in [-0.2, 0) is 66.0 Å². The SMILES string of the molecule is COC(=O)C[C@H](C(=O)N1CCC[C@H]1C(=O)Cc1nc([C@@H]2CC[C@@H](c3csc(CC(=O)[C@@H]4CCCN4C(=O)[C@@H](CC(=O)OC)[C@@H](C)OC)n3)N2c2ccc(C(C)(C)C)cc2)cs1)C(C)OC. The number of thiazole rings is 2. The number of likely N-dealkylation sites (tertiary alicyclic amines) is 2. The number of carbonyl (C=O) groups is 6. The molecular weight excluding hydrogens is 871 g/mol. The van der Waals surface area contributed by atoms with Gasteiger partial charge in [0.15, 0.2) is 11.6 Å². The van der Waals surface area contributed by atoms with Crippen molar-refractivity contribution in [2.45, 2.75) is 141 Å². The Morgan fingerprint density at radius 1 is 0.662 bits per heavy atom. The van der Waals surface area contributed by atoms with Gasteiger partial charge in [0.2, 0.25) is 11.8 Å². The van der Waals surface area contributed by atoms with E-state index in [2.05, 4.69) is 49.9 Å². The molecule has 0 N–H and O–H groups in total. The number of amides is 2. The summed E-state index contributed by atoms with van der Waals surface area (Å²) in [6, 6.07) is 7.16. The third-order valence-corrected chi connectivity index (χ3v) is 15.2.